The van der Waals surface area contributed by atoms with E-state index in [1.807, 2.05) is 6.92 Å². The highest BCUT2D eigenvalue weighted by molar-refractivity contribution is 7.89. The van der Waals surface area contributed by atoms with Crippen molar-refractivity contribution in [1.82, 2.24) is 9.71 Å². The normalized spacial score (nSPS) is 23.7. The van der Waals surface area contributed by atoms with E-state index >= 15 is 0 Å². The van der Waals surface area contributed by atoms with E-state index in [4.69, 9.17) is 10.5 Å². The van der Waals surface area contributed by atoms with Gasteiger partial charge in [-0.25, -0.2) is 13.1 Å². The molecule has 0 aromatic carbocycles. The largest absolute Gasteiger partial charge is 0.378 e. The summed E-state index contributed by atoms with van der Waals surface area (Å²) in [4.78, 5) is 4.15. The van der Waals surface area contributed by atoms with E-state index in [1.54, 1.807) is 6.07 Å². The number of nitrogens with two attached hydrogens (primary N) is 1. The SMILES string of the molecule is CC1OCCC1CNS(=O)(=O)c1ccc(CN)nc1. The lowest BCUT2D eigenvalue weighted by molar-refractivity contribution is 0.107. The Labute approximate surface area is 113 Å². The van der Waals surface area contributed by atoms with Crippen LogP contribution in [0.3, 0.4) is 0 Å². The van der Waals surface area contributed by atoms with Crippen molar-refractivity contribution < 1.29 is 13.2 Å². The monoisotopic (exact) mass is 285 g/mol. The van der Waals surface area contributed by atoms with Crippen LogP contribution in [0.5, 0.6) is 0 Å². The van der Waals surface area contributed by atoms with Gasteiger partial charge in [-0.15, -0.1) is 0 Å². The molecule has 1 fully saturated rings. The highest BCUT2D eigenvalue weighted by atomic mass is 32.2. The molecule has 0 bridgehead atoms. The molecule has 0 amide bonds. The first-order valence-corrected chi connectivity index (χ1v) is 7.77. The van der Waals surface area contributed by atoms with Gasteiger partial charge in [0.25, 0.3) is 0 Å². The summed E-state index contributed by atoms with van der Waals surface area (Å²) >= 11 is 0. The Bertz CT molecular complexity index is 516. The second-order valence-corrected chi connectivity index (χ2v) is 6.43. The van der Waals surface area contributed by atoms with Crippen molar-refractivity contribution in [2.45, 2.75) is 30.9 Å². The van der Waals surface area contributed by atoms with Gasteiger partial charge >= 0.3 is 0 Å². The number of rotatable bonds is 5. The fourth-order valence-corrected chi connectivity index (χ4v) is 3.07. The predicted molar refractivity (Wildman–Crippen MR) is 70.8 cm³/mol. The maximum atomic E-state index is 12.1. The zero-order chi connectivity index (χ0) is 13.9. The number of sulfonamides is 1. The standard InChI is InChI=1S/C12H19N3O3S/c1-9-10(4-5-18-9)7-15-19(16,17)12-3-2-11(6-13)14-8-12/h2-3,8-10,15H,4-7,13H2,1H3. The molecule has 7 heteroatoms. The molecule has 2 heterocycles. The van der Waals surface area contributed by atoms with Crippen LogP contribution < -0.4 is 10.5 Å². The smallest absolute Gasteiger partial charge is 0.242 e. The van der Waals surface area contributed by atoms with Crippen molar-refractivity contribution in [3.05, 3.63) is 24.0 Å². The summed E-state index contributed by atoms with van der Waals surface area (Å²) in [7, 11) is -3.51. The first-order chi connectivity index (χ1) is 9.03. The summed E-state index contributed by atoms with van der Waals surface area (Å²) in [5, 5.41) is 0. The highest BCUT2D eigenvalue weighted by Crippen LogP contribution is 2.20. The molecule has 1 aromatic rings. The van der Waals surface area contributed by atoms with E-state index in [9.17, 15) is 8.42 Å². The van der Waals surface area contributed by atoms with Crippen molar-refractivity contribution in [2.75, 3.05) is 13.2 Å². The molecule has 3 N–H and O–H groups in total. The maximum absolute atomic E-state index is 12.1. The first kappa shape index (κ1) is 14.4. The number of ether oxygens (including phenoxy) is 1. The molecule has 1 aliphatic heterocycles. The Morgan fingerprint density at radius 3 is 2.84 bits per heavy atom. The Morgan fingerprint density at radius 2 is 2.32 bits per heavy atom. The number of aromatic nitrogens is 1. The van der Waals surface area contributed by atoms with Crippen LogP contribution in [0.1, 0.15) is 19.0 Å². The Morgan fingerprint density at radius 1 is 1.53 bits per heavy atom. The topological polar surface area (TPSA) is 94.3 Å². The average Bonchev–Trinajstić information content (AvgIpc) is 2.82. The zero-order valence-corrected chi connectivity index (χ0v) is 11.7. The molecule has 0 saturated carbocycles. The summed E-state index contributed by atoms with van der Waals surface area (Å²) < 4.78 is 32.2. The second kappa shape index (κ2) is 5.96. The summed E-state index contributed by atoms with van der Waals surface area (Å²) in [5.74, 6) is 0.228. The Balaban J connectivity index is 2.01. The minimum atomic E-state index is -3.51. The van der Waals surface area contributed by atoms with Crippen molar-refractivity contribution in [3.8, 4) is 0 Å². The van der Waals surface area contributed by atoms with Crippen LogP contribution in [-0.4, -0.2) is 32.7 Å². The molecule has 1 aliphatic rings. The van der Waals surface area contributed by atoms with E-state index in [0.29, 0.717) is 25.4 Å². The fourth-order valence-electron chi connectivity index (χ4n) is 2.03. The van der Waals surface area contributed by atoms with E-state index in [-0.39, 0.29) is 16.9 Å². The number of nitrogens with zero attached hydrogens (tertiary/aromatic N) is 1. The van der Waals surface area contributed by atoms with Gasteiger partial charge in [0.05, 0.1) is 11.8 Å². The van der Waals surface area contributed by atoms with Gasteiger partial charge in [-0.1, -0.05) is 0 Å². The number of pyridine rings is 1. The van der Waals surface area contributed by atoms with Gasteiger partial charge in [-0.2, -0.15) is 0 Å². The highest BCUT2D eigenvalue weighted by Gasteiger charge is 2.26. The third kappa shape index (κ3) is 3.50. The van der Waals surface area contributed by atoms with Crippen LogP contribution in [0.2, 0.25) is 0 Å². The van der Waals surface area contributed by atoms with E-state index < -0.39 is 10.0 Å². The van der Waals surface area contributed by atoms with Crippen LogP contribution in [0.25, 0.3) is 0 Å². The Kier molecular flexibility index (Phi) is 4.51. The molecule has 1 saturated heterocycles. The molecule has 6 nitrogen and oxygen atoms in total. The number of hydrogen-bond acceptors (Lipinski definition) is 5. The molecule has 0 radical (unpaired) electrons. The van der Waals surface area contributed by atoms with Gasteiger partial charge in [-0.3, -0.25) is 4.98 Å². The quantitative estimate of drug-likeness (QED) is 0.808. The predicted octanol–water partition coefficient (Wildman–Crippen LogP) is 0.244. The lowest BCUT2D eigenvalue weighted by Crippen LogP contribution is -2.32. The van der Waals surface area contributed by atoms with Crippen LogP contribution in [0.15, 0.2) is 23.2 Å². The lowest BCUT2D eigenvalue weighted by atomic mass is 10.0. The molecule has 2 atom stereocenters. The second-order valence-electron chi connectivity index (χ2n) is 4.67. The van der Waals surface area contributed by atoms with Crippen molar-refractivity contribution in [3.63, 3.8) is 0 Å². The van der Waals surface area contributed by atoms with Crippen LogP contribution in [-0.2, 0) is 21.3 Å². The molecule has 2 unspecified atom stereocenters. The first-order valence-electron chi connectivity index (χ1n) is 6.29. The van der Waals surface area contributed by atoms with Crippen molar-refractivity contribution >= 4 is 10.0 Å². The maximum Gasteiger partial charge on any atom is 0.242 e. The van der Waals surface area contributed by atoms with Gasteiger partial charge in [0.2, 0.25) is 10.0 Å². The van der Waals surface area contributed by atoms with Crippen LogP contribution in [0.4, 0.5) is 0 Å². The summed E-state index contributed by atoms with van der Waals surface area (Å²) in [6.45, 7) is 3.34. The van der Waals surface area contributed by atoms with E-state index in [2.05, 4.69) is 9.71 Å². The van der Waals surface area contributed by atoms with Crippen LogP contribution in [0, 0.1) is 5.92 Å². The molecule has 19 heavy (non-hydrogen) atoms. The van der Waals surface area contributed by atoms with Crippen molar-refractivity contribution in [2.24, 2.45) is 11.7 Å². The van der Waals surface area contributed by atoms with E-state index in [0.717, 1.165) is 6.42 Å². The molecule has 2 rings (SSSR count). The number of hydrogen-bond donors (Lipinski definition) is 2. The van der Waals surface area contributed by atoms with Gasteiger partial charge in [0.15, 0.2) is 0 Å². The van der Waals surface area contributed by atoms with Gasteiger partial charge < -0.3 is 10.5 Å². The van der Waals surface area contributed by atoms with Gasteiger partial charge in [-0.05, 0) is 25.5 Å². The lowest BCUT2D eigenvalue weighted by Gasteiger charge is -2.14. The fraction of sp³-hybridized carbons (Fsp3) is 0.583. The third-order valence-corrected chi connectivity index (χ3v) is 4.79. The molecular weight excluding hydrogens is 266 g/mol. The molecule has 0 aliphatic carbocycles. The third-order valence-electron chi connectivity index (χ3n) is 3.39. The minimum Gasteiger partial charge on any atom is -0.378 e. The zero-order valence-electron chi connectivity index (χ0n) is 10.9. The Hall–Kier alpha value is -1.02. The summed E-state index contributed by atoms with van der Waals surface area (Å²) in [6, 6.07) is 3.14. The molecule has 106 valence electrons. The molecule has 0 spiro atoms. The average molecular weight is 285 g/mol. The summed E-state index contributed by atoms with van der Waals surface area (Å²) in [6.07, 6.45) is 2.31. The van der Waals surface area contributed by atoms with E-state index in [1.165, 1.54) is 12.3 Å². The van der Waals surface area contributed by atoms with Gasteiger partial charge in [0, 0.05) is 31.8 Å². The summed E-state index contributed by atoms with van der Waals surface area (Å²) in [5.41, 5.74) is 6.09. The van der Waals surface area contributed by atoms with Gasteiger partial charge in [0.1, 0.15) is 4.90 Å². The molecular formula is C12H19N3O3S. The molecule has 1 aromatic heterocycles. The minimum absolute atomic E-state index is 0.0976. The number of nitrogens with one attached hydrogen (secondary N) is 1. The van der Waals surface area contributed by atoms with Crippen LogP contribution >= 0.6 is 0 Å². The van der Waals surface area contributed by atoms with Crippen molar-refractivity contribution in [1.29, 1.82) is 0 Å².